The molecule has 1 atom stereocenters. The molecule has 1 aliphatic heterocycles. The van der Waals surface area contributed by atoms with Gasteiger partial charge >= 0.3 is 0 Å². The van der Waals surface area contributed by atoms with Gasteiger partial charge in [-0.15, -0.1) is 0 Å². The Kier molecular flexibility index (Phi) is 4.25. The van der Waals surface area contributed by atoms with Crippen LogP contribution in [0.3, 0.4) is 0 Å². The second kappa shape index (κ2) is 6.61. The second-order valence-electron chi connectivity index (χ2n) is 6.91. The minimum Gasteiger partial charge on any atom is -0.493 e. The number of rotatable bonds is 5. The molecule has 1 unspecified atom stereocenters. The van der Waals surface area contributed by atoms with Gasteiger partial charge in [-0.2, -0.15) is 4.98 Å². The van der Waals surface area contributed by atoms with Crippen molar-refractivity contribution in [2.75, 3.05) is 25.7 Å². The number of nitrogen functional groups attached to an aromatic ring is 2. The summed E-state index contributed by atoms with van der Waals surface area (Å²) in [7, 11) is 3.09. The lowest BCUT2D eigenvalue weighted by molar-refractivity contribution is 0.0806. The van der Waals surface area contributed by atoms with Gasteiger partial charge < -0.3 is 25.7 Å². The smallest absolute Gasteiger partial charge is 0.221 e. The van der Waals surface area contributed by atoms with Crippen molar-refractivity contribution in [3.8, 4) is 17.2 Å². The molecule has 0 radical (unpaired) electrons. The van der Waals surface area contributed by atoms with E-state index < -0.39 is 0 Å². The van der Waals surface area contributed by atoms with Gasteiger partial charge in [0.15, 0.2) is 17.3 Å². The van der Waals surface area contributed by atoms with E-state index in [4.69, 9.17) is 25.7 Å². The Hall–Kier alpha value is -3.03. The van der Waals surface area contributed by atoms with E-state index >= 15 is 0 Å². The number of carbonyl (C=O) groups excluding carboxylic acids is 1. The molecule has 1 saturated carbocycles. The maximum absolute atomic E-state index is 13.0. The van der Waals surface area contributed by atoms with Gasteiger partial charge in [0.25, 0.3) is 0 Å². The number of hydrogen-bond donors (Lipinski definition) is 2. The second-order valence-corrected chi connectivity index (χ2v) is 6.91. The third-order valence-corrected chi connectivity index (χ3v) is 5.09. The number of nitrogens with two attached hydrogens (primary N) is 2. The molecular weight excluding hydrogens is 348 g/mol. The summed E-state index contributed by atoms with van der Waals surface area (Å²) >= 11 is 0. The van der Waals surface area contributed by atoms with Crippen LogP contribution in [0.1, 0.15) is 40.7 Å². The fraction of sp³-hybridized carbons (Fsp3) is 0.421. The number of hydrogen-bond acceptors (Lipinski definition) is 8. The molecule has 0 bridgehead atoms. The van der Waals surface area contributed by atoms with Gasteiger partial charge in [0.05, 0.1) is 19.8 Å². The molecule has 142 valence electrons. The van der Waals surface area contributed by atoms with Crippen LogP contribution in [0.15, 0.2) is 12.3 Å². The van der Waals surface area contributed by atoms with E-state index in [1.165, 1.54) is 7.11 Å². The number of Topliss-reactive ketones (excluding diaryl/α,β-unsaturated/α-hetero) is 1. The standard InChI is InChI=1S/C19H22N4O4/c1-25-14-6-10(5-11-8-22-19(21)23-18(11)20)15-12(24)7-13(9-3-4-9)27-17(15)16(14)26-2/h6,8-9,13H,3-5,7H2,1-2H3,(H4,20,21,22,23). The highest BCUT2D eigenvalue weighted by atomic mass is 16.5. The summed E-state index contributed by atoms with van der Waals surface area (Å²) in [6.45, 7) is 0. The van der Waals surface area contributed by atoms with E-state index in [2.05, 4.69) is 9.97 Å². The molecule has 2 heterocycles. The van der Waals surface area contributed by atoms with Crippen LogP contribution < -0.4 is 25.7 Å². The third-order valence-electron chi connectivity index (χ3n) is 5.09. The number of benzene rings is 1. The van der Waals surface area contributed by atoms with Gasteiger partial charge in [-0.1, -0.05) is 0 Å². The normalized spacial score (nSPS) is 18.6. The van der Waals surface area contributed by atoms with E-state index in [9.17, 15) is 4.79 Å². The number of aromatic nitrogens is 2. The van der Waals surface area contributed by atoms with Crippen molar-refractivity contribution in [3.63, 3.8) is 0 Å². The van der Waals surface area contributed by atoms with Crippen molar-refractivity contribution in [1.29, 1.82) is 0 Å². The van der Waals surface area contributed by atoms with E-state index in [1.807, 2.05) is 0 Å². The zero-order chi connectivity index (χ0) is 19.1. The maximum Gasteiger partial charge on any atom is 0.221 e. The number of ether oxygens (including phenoxy) is 3. The summed E-state index contributed by atoms with van der Waals surface area (Å²) in [4.78, 5) is 21.0. The van der Waals surface area contributed by atoms with Crippen molar-refractivity contribution < 1.29 is 19.0 Å². The molecule has 1 aromatic carbocycles. The molecule has 8 nitrogen and oxygen atoms in total. The van der Waals surface area contributed by atoms with Gasteiger partial charge in [0.2, 0.25) is 11.7 Å². The van der Waals surface area contributed by atoms with Crippen molar-refractivity contribution >= 4 is 17.5 Å². The summed E-state index contributed by atoms with van der Waals surface area (Å²) in [6.07, 6.45) is 4.37. The van der Waals surface area contributed by atoms with E-state index in [0.717, 1.165) is 18.4 Å². The summed E-state index contributed by atoms with van der Waals surface area (Å²) < 4.78 is 17.2. The molecule has 4 N–H and O–H groups in total. The molecule has 0 saturated heterocycles. The first-order valence-corrected chi connectivity index (χ1v) is 8.86. The van der Waals surface area contributed by atoms with Crippen LogP contribution in [0.2, 0.25) is 0 Å². The summed E-state index contributed by atoms with van der Waals surface area (Å²) in [5, 5.41) is 0. The van der Waals surface area contributed by atoms with Gasteiger partial charge in [-0.25, -0.2) is 4.98 Å². The Morgan fingerprint density at radius 3 is 2.63 bits per heavy atom. The maximum atomic E-state index is 13.0. The fourth-order valence-electron chi connectivity index (χ4n) is 3.55. The van der Waals surface area contributed by atoms with E-state index in [1.54, 1.807) is 19.4 Å². The summed E-state index contributed by atoms with van der Waals surface area (Å²) in [5.74, 6) is 2.27. The zero-order valence-corrected chi connectivity index (χ0v) is 15.3. The van der Waals surface area contributed by atoms with Crippen LogP contribution in [0.5, 0.6) is 17.2 Å². The van der Waals surface area contributed by atoms with Gasteiger partial charge in [0.1, 0.15) is 11.9 Å². The minimum absolute atomic E-state index is 0.0408. The Bertz CT molecular complexity index is 911. The number of methoxy groups -OCH3 is 2. The van der Waals surface area contributed by atoms with Gasteiger partial charge in [-0.3, -0.25) is 4.79 Å². The number of anilines is 2. The lowest BCUT2D eigenvalue weighted by atomic mass is 9.90. The van der Waals surface area contributed by atoms with Crippen molar-refractivity contribution in [1.82, 2.24) is 9.97 Å². The Labute approximate surface area is 156 Å². The van der Waals surface area contributed by atoms with Crippen LogP contribution in [-0.2, 0) is 6.42 Å². The molecule has 1 fully saturated rings. The Balaban J connectivity index is 1.82. The Morgan fingerprint density at radius 1 is 1.22 bits per heavy atom. The van der Waals surface area contributed by atoms with Gasteiger partial charge in [-0.05, 0) is 30.4 Å². The third kappa shape index (κ3) is 3.11. The van der Waals surface area contributed by atoms with Crippen LogP contribution in [0.25, 0.3) is 0 Å². The molecule has 8 heteroatoms. The number of ketones is 1. The molecule has 27 heavy (non-hydrogen) atoms. The Morgan fingerprint density at radius 2 is 2.00 bits per heavy atom. The van der Waals surface area contributed by atoms with Crippen molar-refractivity contribution in [2.24, 2.45) is 5.92 Å². The SMILES string of the molecule is COc1cc(Cc2cnc(N)nc2N)c2c(c1OC)OC(C1CC1)CC2=O. The van der Waals surface area contributed by atoms with Crippen LogP contribution in [0, 0.1) is 5.92 Å². The number of carbonyl (C=O) groups is 1. The van der Waals surface area contributed by atoms with Crippen molar-refractivity contribution in [2.45, 2.75) is 31.8 Å². The van der Waals surface area contributed by atoms with E-state index in [-0.39, 0.29) is 23.7 Å². The highest BCUT2D eigenvalue weighted by Crippen LogP contribution is 2.49. The summed E-state index contributed by atoms with van der Waals surface area (Å²) in [5.41, 5.74) is 13.5. The highest BCUT2D eigenvalue weighted by Gasteiger charge is 2.41. The first-order valence-electron chi connectivity index (χ1n) is 8.86. The minimum atomic E-state index is -0.108. The molecule has 0 spiro atoms. The van der Waals surface area contributed by atoms with Crippen LogP contribution in [-0.4, -0.2) is 36.1 Å². The molecule has 2 aliphatic rings. The average molecular weight is 370 g/mol. The fourth-order valence-corrected chi connectivity index (χ4v) is 3.55. The average Bonchev–Trinajstić information content (AvgIpc) is 3.48. The predicted octanol–water partition coefficient (Wildman–Crippen LogP) is 1.99. The molecule has 1 aromatic heterocycles. The molecular formula is C19H22N4O4. The molecule has 0 amide bonds. The molecule has 4 rings (SSSR count). The quantitative estimate of drug-likeness (QED) is 0.819. The van der Waals surface area contributed by atoms with Crippen LogP contribution in [0.4, 0.5) is 11.8 Å². The first kappa shape index (κ1) is 17.4. The predicted molar refractivity (Wildman–Crippen MR) is 99.3 cm³/mol. The number of fused-ring (bicyclic) bond motifs is 1. The summed E-state index contributed by atoms with van der Waals surface area (Å²) in [6, 6.07) is 1.78. The molecule has 1 aliphatic carbocycles. The zero-order valence-electron chi connectivity index (χ0n) is 15.3. The molecule has 2 aromatic rings. The van der Waals surface area contributed by atoms with Crippen LogP contribution >= 0.6 is 0 Å². The highest BCUT2D eigenvalue weighted by molar-refractivity contribution is 6.03. The van der Waals surface area contributed by atoms with E-state index in [0.29, 0.717) is 47.1 Å². The first-order chi connectivity index (χ1) is 13.0. The van der Waals surface area contributed by atoms with Crippen molar-refractivity contribution in [3.05, 3.63) is 29.0 Å². The lowest BCUT2D eigenvalue weighted by Gasteiger charge is -2.29. The monoisotopic (exact) mass is 370 g/mol. The van der Waals surface area contributed by atoms with Gasteiger partial charge in [0, 0.05) is 24.6 Å². The topological polar surface area (TPSA) is 123 Å². The largest absolute Gasteiger partial charge is 0.493 e. The lowest BCUT2D eigenvalue weighted by Crippen LogP contribution is -2.30. The number of nitrogens with zero attached hydrogens (tertiary/aromatic N) is 2.